The Kier molecular flexibility index (Phi) is 5.72. The van der Waals surface area contributed by atoms with E-state index in [0.29, 0.717) is 5.69 Å². The van der Waals surface area contributed by atoms with E-state index in [9.17, 15) is 18.4 Å². The zero-order chi connectivity index (χ0) is 23.0. The molecule has 0 saturated heterocycles. The number of thiazole rings is 1. The number of ether oxygens (including phenoxy) is 1. The van der Waals surface area contributed by atoms with E-state index in [1.165, 1.54) is 18.3 Å². The van der Waals surface area contributed by atoms with Gasteiger partial charge in [-0.1, -0.05) is 29.0 Å². The Balaban J connectivity index is 1.60. The second-order valence-electron chi connectivity index (χ2n) is 6.49. The van der Waals surface area contributed by atoms with Gasteiger partial charge in [-0.3, -0.25) is 9.36 Å². The third-order valence-electron chi connectivity index (χ3n) is 4.32. The Morgan fingerprint density at radius 1 is 1.31 bits per heavy atom. The third kappa shape index (κ3) is 4.09. The maximum Gasteiger partial charge on any atom is 0.350 e. The SMILES string of the molecule is Cc1nc(C(N)=O)sc1Oc1ncc(-n2ncn(Cc3c(F)cccc3F)c2=O)cc1Cl. The van der Waals surface area contributed by atoms with Gasteiger partial charge in [0.2, 0.25) is 10.9 Å². The summed E-state index contributed by atoms with van der Waals surface area (Å²) in [5, 5.41) is 4.37. The molecule has 0 atom stereocenters. The molecule has 0 bridgehead atoms. The fourth-order valence-corrected chi connectivity index (χ4v) is 3.72. The molecule has 2 N–H and O–H groups in total. The standard InChI is InChI=1S/C19H13ClF2N6O3S/c1-9-18(32-17(26-9)15(23)29)31-16-12(20)5-10(6-24-16)28-19(30)27(8-25-28)7-11-13(21)3-2-4-14(11)22/h2-6,8H,7H2,1H3,(H2,23,29). The molecular weight excluding hydrogens is 466 g/mol. The molecule has 0 aliphatic heterocycles. The molecule has 13 heteroatoms. The highest BCUT2D eigenvalue weighted by Gasteiger charge is 2.17. The normalized spacial score (nSPS) is 11.0. The predicted octanol–water partition coefficient (Wildman–Crippen LogP) is 3.07. The number of aromatic nitrogens is 5. The summed E-state index contributed by atoms with van der Waals surface area (Å²) in [6.07, 6.45) is 2.44. The lowest BCUT2D eigenvalue weighted by Crippen LogP contribution is -2.24. The molecule has 32 heavy (non-hydrogen) atoms. The number of amides is 1. The Hall–Kier alpha value is -3.64. The van der Waals surface area contributed by atoms with Crippen LogP contribution in [-0.4, -0.2) is 30.2 Å². The lowest BCUT2D eigenvalue weighted by Gasteiger charge is -2.07. The first-order valence-electron chi connectivity index (χ1n) is 8.93. The van der Waals surface area contributed by atoms with Crippen LogP contribution < -0.4 is 16.2 Å². The molecule has 4 aromatic rings. The van der Waals surface area contributed by atoms with E-state index >= 15 is 0 Å². The monoisotopic (exact) mass is 478 g/mol. The number of rotatable bonds is 6. The van der Waals surface area contributed by atoms with Gasteiger partial charge in [0.15, 0.2) is 5.01 Å². The Bertz CT molecular complexity index is 1380. The van der Waals surface area contributed by atoms with Gasteiger partial charge in [-0.05, 0) is 25.1 Å². The maximum atomic E-state index is 13.9. The average Bonchev–Trinajstić information content (AvgIpc) is 3.29. The van der Waals surface area contributed by atoms with Crippen molar-refractivity contribution in [3.63, 3.8) is 0 Å². The molecule has 0 unspecified atom stereocenters. The molecule has 0 fully saturated rings. The number of aryl methyl sites for hydroxylation is 1. The number of hydrogen-bond donors (Lipinski definition) is 1. The van der Waals surface area contributed by atoms with Gasteiger partial charge in [0.1, 0.15) is 23.0 Å². The van der Waals surface area contributed by atoms with Crippen molar-refractivity contribution < 1.29 is 18.3 Å². The van der Waals surface area contributed by atoms with Gasteiger partial charge in [0, 0.05) is 5.56 Å². The largest absolute Gasteiger partial charge is 0.425 e. The van der Waals surface area contributed by atoms with Crippen molar-refractivity contribution in [1.29, 1.82) is 0 Å². The van der Waals surface area contributed by atoms with Gasteiger partial charge >= 0.3 is 5.69 Å². The van der Waals surface area contributed by atoms with Crippen LogP contribution in [0.15, 0.2) is 41.6 Å². The summed E-state index contributed by atoms with van der Waals surface area (Å²) in [7, 11) is 0. The molecule has 9 nitrogen and oxygen atoms in total. The molecule has 164 valence electrons. The van der Waals surface area contributed by atoms with Crippen LogP contribution in [0.4, 0.5) is 8.78 Å². The van der Waals surface area contributed by atoms with E-state index < -0.39 is 23.2 Å². The zero-order valence-corrected chi connectivity index (χ0v) is 17.8. The minimum Gasteiger partial charge on any atom is -0.425 e. The van der Waals surface area contributed by atoms with Crippen molar-refractivity contribution in [1.82, 2.24) is 24.3 Å². The van der Waals surface area contributed by atoms with Crippen LogP contribution in [-0.2, 0) is 6.54 Å². The van der Waals surface area contributed by atoms with Gasteiger partial charge in [0.25, 0.3) is 5.91 Å². The van der Waals surface area contributed by atoms with Crippen LogP contribution in [0.3, 0.4) is 0 Å². The van der Waals surface area contributed by atoms with Gasteiger partial charge in [-0.2, -0.15) is 9.78 Å². The number of nitrogens with two attached hydrogens (primary N) is 1. The number of carbonyl (C=O) groups excluding carboxylic acids is 1. The Labute approximate surface area is 187 Å². The van der Waals surface area contributed by atoms with E-state index in [1.807, 2.05) is 0 Å². The summed E-state index contributed by atoms with van der Waals surface area (Å²) in [6.45, 7) is 1.29. The number of carbonyl (C=O) groups is 1. The van der Waals surface area contributed by atoms with E-state index in [0.717, 1.165) is 39.0 Å². The summed E-state index contributed by atoms with van der Waals surface area (Å²) < 4.78 is 35.4. The summed E-state index contributed by atoms with van der Waals surface area (Å²) >= 11 is 7.18. The first-order chi connectivity index (χ1) is 15.2. The third-order valence-corrected chi connectivity index (χ3v) is 5.64. The fraction of sp³-hybridized carbons (Fsp3) is 0.105. The van der Waals surface area contributed by atoms with Crippen LogP contribution in [0.1, 0.15) is 21.1 Å². The van der Waals surface area contributed by atoms with Gasteiger partial charge in [-0.25, -0.2) is 23.5 Å². The fourth-order valence-electron chi connectivity index (χ4n) is 2.75. The van der Waals surface area contributed by atoms with Crippen molar-refractivity contribution in [3.8, 4) is 16.6 Å². The van der Waals surface area contributed by atoms with E-state index in [4.69, 9.17) is 22.1 Å². The minimum atomic E-state index is -0.770. The number of hydrogen-bond acceptors (Lipinski definition) is 7. The van der Waals surface area contributed by atoms with Gasteiger partial charge < -0.3 is 10.5 Å². The molecule has 0 aliphatic rings. The van der Waals surface area contributed by atoms with Gasteiger partial charge in [-0.15, -0.1) is 0 Å². The topological polar surface area (TPSA) is 118 Å². The van der Waals surface area contributed by atoms with Crippen molar-refractivity contribution in [3.05, 3.63) is 80.2 Å². The van der Waals surface area contributed by atoms with Crippen molar-refractivity contribution in [2.24, 2.45) is 5.73 Å². The highest BCUT2D eigenvalue weighted by Crippen LogP contribution is 2.34. The number of primary amides is 1. The second-order valence-corrected chi connectivity index (χ2v) is 7.86. The molecule has 4 rings (SSSR count). The minimum absolute atomic E-state index is 0.0131. The number of nitrogens with zero attached hydrogens (tertiary/aromatic N) is 5. The van der Waals surface area contributed by atoms with E-state index in [-0.39, 0.29) is 38.8 Å². The summed E-state index contributed by atoms with van der Waals surface area (Å²) in [5.74, 6) is -2.21. The average molecular weight is 479 g/mol. The quantitative estimate of drug-likeness (QED) is 0.455. The molecule has 1 aromatic carbocycles. The second kappa shape index (κ2) is 8.48. The van der Waals surface area contributed by atoms with E-state index in [2.05, 4.69) is 15.1 Å². The van der Waals surface area contributed by atoms with Crippen LogP contribution in [0.2, 0.25) is 5.02 Å². The number of benzene rings is 1. The molecular formula is C19H13ClF2N6O3S. The molecule has 0 aliphatic carbocycles. The molecule has 3 heterocycles. The van der Waals surface area contributed by atoms with Crippen LogP contribution >= 0.6 is 22.9 Å². The first-order valence-corrected chi connectivity index (χ1v) is 10.1. The molecule has 0 spiro atoms. The highest BCUT2D eigenvalue weighted by atomic mass is 35.5. The number of halogens is 3. The van der Waals surface area contributed by atoms with Crippen molar-refractivity contribution in [2.75, 3.05) is 0 Å². The van der Waals surface area contributed by atoms with Crippen LogP contribution in [0.5, 0.6) is 10.9 Å². The molecule has 0 radical (unpaired) electrons. The molecule has 0 saturated carbocycles. The predicted molar refractivity (Wildman–Crippen MR) is 112 cm³/mol. The first kappa shape index (κ1) is 21.6. The lowest BCUT2D eigenvalue weighted by atomic mass is 10.2. The Morgan fingerprint density at radius 2 is 2.03 bits per heavy atom. The smallest absolute Gasteiger partial charge is 0.350 e. The summed E-state index contributed by atoms with van der Waals surface area (Å²) in [6, 6.07) is 4.83. The highest BCUT2D eigenvalue weighted by molar-refractivity contribution is 7.15. The summed E-state index contributed by atoms with van der Waals surface area (Å²) in [5.41, 5.74) is 4.94. The zero-order valence-electron chi connectivity index (χ0n) is 16.3. The number of pyridine rings is 1. The van der Waals surface area contributed by atoms with Gasteiger partial charge in [0.05, 0.1) is 24.1 Å². The van der Waals surface area contributed by atoms with Crippen LogP contribution in [0.25, 0.3) is 5.69 Å². The lowest BCUT2D eigenvalue weighted by molar-refractivity contribution is 0.1000. The maximum absolute atomic E-state index is 13.9. The Morgan fingerprint density at radius 3 is 2.66 bits per heavy atom. The van der Waals surface area contributed by atoms with Crippen molar-refractivity contribution in [2.45, 2.75) is 13.5 Å². The molecule has 1 amide bonds. The summed E-state index contributed by atoms with van der Waals surface area (Å²) in [4.78, 5) is 32.0. The van der Waals surface area contributed by atoms with E-state index in [1.54, 1.807) is 6.92 Å². The molecule has 3 aromatic heterocycles. The van der Waals surface area contributed by atoms with Crippen LogP contribution in [0, 0.1) is 18.6 Å². The van der Waals surface area contributed by atoms with Crippen molar-refractivity contribution >= 4 is 28.8 Å².